The summed E-state index contributed by atoms with van der Waals surface area (Å²) in [7, 11) is 0. The summed E-state index contributed by atoms with van der Waals surface area (Å²) in [4.78, 5) is 14.8. The first-order valence-electron chi connectivity index (χ1n) is 11.2. The van der Waals surface area contributed by atoms with Crippen molar-refractivity contribution in [1.29, 1.82) is 0 Å². The molecule has 1 unspecified atom stereocenters. The van der Waals surface area contributed by atoms with Gasteiger partial charge in [-0.25, -0.2) is 23.4 Å². The molecule has 0 radical (unpaired) electrons. The van der Waals surface area contributed by atoms with Gasteiger partial charge in [-0.2, -0.15) is 0 Å². The fourth-order valence-corrected chi connectivity index (χ4v) is 4.16. The number of hydrogen-bond acceptors (Lipinski definition) is 5. The molecule has 0 saturated heterocycles. The minimum atomic E-state index is -1.30. The molecule has 0 spiro atoms. The number of amides is 1. The normalized spacial score (nSPS) is 15.8. The maximum atomic E-state index is 14.1. The number of anilines is 1. The van der Waals surface area contributed by atoms with Gasteiger partial charge >= 0.3 is 0 Å². The lowest BCUT2D eigenvalue weighted by Gasteiger charge is -2.26. The van der Waals surface area contributed by atoms with Crippen molar-refractivity contribution in [2.45, 2.75) is 25.4 Å². The summed E-state index contributed by atoms with van der Waals surface area (Å²) >= 11 is 0. The zero-order valence-electron chi connectivity index (χ0n) is 19.2. The zero-order chi connectivity index (χ0) is 26.0. The van der Waals surface area contributed by atoms with Gasteiger partial charge in [0.05, 0.1) is 23.6 Å². The highest BCUT2D eigenvalue weighted by Crippen LogP contribution is 2.30. The second-order valence-electron chi connectivity index (χ2n) is 8.64. The molecule has 0 aromatic heterocycles. The number of benzene rings is 3. The first kappa shape index (κ1) is 25.2. The summed E-state index contributed by atoms with van der Waals surface area (Å²) in [6, 6.07) is 13.1. The Labute approximate surface area is 205 Å². The van der Waals surface area contributed by atoms with Gasteiger partial charge in [-0.3, -0.25) is 9.80 Å². The summed E-state index contributed by atoms with van der Waals surface area (Å²) < 4.78 is 54.3. The molecule has 1 atom stereocenters. The van der Waals surface area contributed by atoms with Crippen LogP contribution in [0.25, 0.3) is 5.70 Å². The Hall–Kier alpha value is -3.89. The van der Waals surface area contributed by atoms with Crippen LogP contribution < -0.4 is 22.3 Å². The SMILES string of the molecule is N/C(=C1/CN(C(=O)CC(N)Cc2cc(F)c(F)cc2F)Cc2ccccc2N1N)c1ccc(F)cc1. The monoisotopic (exact) mass is 499 g/mol. The summed E-state index contributed by atoms with van der Waals surface area (Å²) in [5.41, 5.74) is 15.0. The van der Waals surface area contributed by atoms with Crippen LogP contribution in [0.1, 0.15) is 23.1 Å². The zero-order valence-corrected chi connectivity index (χ0v) is 19.2. The van der Waals surface area contributed by atoms with Crippen LogP contribution in [0.15, 0.2) is 66.4 Å². The van der Waals surface area contributed by atoms with Gasteiger partial charge in [0, 0.05) is 25.1 Å². The van der Waals surface area contributed by atoms with Gasteiger partial charge in [0.2, 0.25) is 5.91 Å². The first-order chi connectivity index (χ1) is 17.1. The Balaban J connectivity index is 1.61. The molecule has 1 heterocycles. The summed E-state index contributed by atoms with van der Waals surface area (Å²) in [5.74, 6) is 2.21. The van der Waals surface area contributed by atoms with Crippen LogP contribution >= 0.6 is 0 Å². The first-order valence-corrected chi connectivity index (χ1v) is 11.2. The predicted molar refractivity (Wildman–Crippen MR) is 129 cm³/mol. The Morgan fingerprint density at radius 3 is 2.31 bits per heavy atom. The van der Waals surface area contributed by atoms with Crippen LogP contribution in [0.5, 0.6) is 0 Å². The van der Waals surface area contributed by atoms with Gasteiger partial charge in [0.25, 0.3) is 0 Å². The van der Waals surface area contributed by atoms with Crippen molar-refractivity contribution in [3.05, 3.63) is 106 Å². The molecule has 6 nitrogen and oxygen atoms in total. The highest BCUT2D eigenvalue weighted by Gasteiger charge is 2.28. The third kappa shape index (κ3) is 5.34. The maximum absolute atomic E-state index is 14.1. The Morgan fingerprint density at radius 1 is 0.917 bits per heavy atom. The largest absolute Gasteiger partial charge is 0.397 e. The van der Waals surface area contributed by atoms with E-state index in [0.29, 0.717) is 23.0 Å². The van der Waals surface area contributed by atoms with E-state index in [9.17, 15) is 22.4 Å². The van der Waals surface area contributed by atoms with E-state index >= 15 is 0 Å². The second-order valence-corrected chi connectivity index (χ2v) is 8.64. The molecule has 0 bridgehead atoms. The van der Waals surface area contributed by atoms with Crippen molar-refractivity contribution in [2.24, 2.45) is 17.3 Å². The lowest BCUT2D eigenvalue weighted by Crippen LogP contribution is -2.40. The van der Waals surface area contributed by atoms with Crippen molar-refractivity contribution >= 4 is 17.3 Å². The number of hydrazine groups is 1. The second kappa shape index (κ2) is 10.4. The van der Waals surface area contributed by atoms with Crippen LogP contribution in [0, 0.1) is 23.3 Å². The van der Waals surface area contributed by atoms with E-state index in [1.54, 1.807) is 12.1 Å². The number of hydrogen-bond donors (Lipinski definition) is 3. The summed E-state index contributed by atoms with van der Waals surface area (Å²) in [5, 5.41) is 1.40. The van der Waals surface area contributed by atoms with E-state index in [1.165, 1.54) is 34.2 Å². The predicted octanol–water partition coefficient (Wildman–Crippen LogP) is 3.55. The molecular formula is C26H25F4N5O. The van der Waals surface area contributed by atoms with E-state index in [-0.39, 0.29) is 43.1 Å². The molecule has 10 heteroatoms. The minimum absolute atomic E-state index is 0.0273. The molecule has 1 aliphatic heterocycles. The van der Waals surface area contributed by atoms with E-state index < -0.39 is 29.3 Å². The highest BCUT2D eigenvalue weighted by molar-refractivity contribution is 5.80. The molecule has 1 aliphatic rings. The molecule has 0 fully saturated rings. The number of carbonyl (C=O) groups is 1. The molecule has 4 rings (SSSR count). The van der Waals surface area contributed by atoms with Crippen molar-refractivity contribution in [1.82, 2.24) is 4.90 Å². The van der Waals surface area contributed by atoms with Crippen molar-refractivity contribution in [3.63, 3.8) is 0 Å². The van der Waals surface area contributed by atoms with Crippen LogP contribution in [0.3, 0.4) is 0 Å². The van der Waals surface area contributed by atoms with Crippen LogP contribution in [0.2, 0.25) is 0 Å². The third-order valence-electron chi connectivity index (χ3n) is 6.07. The molecule has 0 saturated carbocycles. The average molecular weight is 500 g/mol. The van der Waals surface area contributed by atoms with E-state index in [0.717, 1.165) is 11.6 Å². The van der Waals surface area contributed by atoms with Gasteiger partial charge in [-0.1, -0.05) is 18.2 Å². The maximum Gasteiger partial charge on any atom is 0.224 e. The highest BCUT2D eigenvalue weighted by atomic mass is 19.2. The molecular weight excluding hydrogens is 474 g/mol. The van der Waals surface area contributed by atoms with Crippen LogP contribution in [-0.4, -0.2) is 23.4 Å². The smallest absolute Gasteiger partial charge is 0.224 e. The van der Waals surface area contributed by atoms with Gasteiger partial charge in [-0.05, 0) is 59.5 Å². The van der Waals surface area contributed by atoms with E-state index in [2.05, 4.69) is 0 Å². The molecule has 36 heavy (non-hydrogen) atoms. The van der Waals surface area contributed by atoms with Gasteiger partial charge in [0.15, 0.2) is 11.6 Å². The molecule has 0 aliphatic carbocycles. The Kier molecular flexibility index (Phi) is 7.27. The Morgan fingerprint density at radius 2 is 1.58 bits per heavy atom. The van der Waals surface area contributed by atoms with Crippen molar-refractivity contribution in [3.8, 4) is 0 Å². The van der Waals surface area contributed by atoms with E-state index in [1.807, 2.05) is 12.1 Å². The number of carbonyl (C=O) groups excluding carboxylic acids is 1. The fraction of sp³-hybridized carbons (Fsp3) is 0.192. The fourth-order valence-electron chi connectivity index (χ4n) is 4.16. The molecule has 6 N–H and O–H groups in total. The van der Waals surface area contributed by atoms with Gasteiger partial charge in [-0.15, -0.1) is 0 Å². The third-order valence-corrected chi connectivity index (χ3v) is 6.07. The van der Waals surface area contributed by atoms with Gasteiger partial charge in [0.1, 0.15) is 11.6 Å². The summed E-state index contributed by atoms with van der Waals surface area (Å²) in [6.45, 7) is 0.231. The number of nitrogens with two attached hydrogens (primary N) is 3. The molecule has 3 aromatic rings. The molecule has 3 aromatic carbocycles. The topological polar surface area (TPSA) is 102 Å². The van der Waals surface area contributed by atoms with E-state index in [4.69, 9.17) is 17.3 Å². The minimum Gasteiger partial charge on any atom is -0.397 e. The van der Waals surface area contributed by atoms with Crippen LogP contribution in [0.4, 0.5) is 23.2 Å². The lowest BCUT2D eigenvalue weighted by molar-refractivity contribution is -0.131. The summed E-state index contributed by atoms with van der Waals surface area (Å²) in [6.07, 6.45) is -0.350. The number of rotatable bonds is 5. The number of fused-ring (bicyclic) bond motifs is 1. The number of nitrogens with zero attached hydrogens (tertiary/aromatic N) is 2. The van der Waals surface area contributed by atoms with Crippen molar-refractivity contribution < 1.29 is 22.4 Å². The number of para-hydroxylation sites is 1. The molecule has 1 amide bonds. The quantitative estimate of drug-likeness (QED) is 0.283. The van der Waals surface area contributed by atoms with Crippen LogP contribution in [-0.2, 0) is 17.8 Å². The lowest BCUT2D eigenvalue weighted by atomic mass is 10.0. The standard InChI is InChI=1S/C26H25F4N5O/c27-18-7-5-15(6-8-18)26(32)24-14-34(13-16-3-1-2-4-23(16)35(24)33)25(36)11-19(31)9-17-10-21(29)22(30)12-20(17)28/h1-8,10,12,19H,9,11,13-14,31-33H2/b26-24-. The van der Waals surface area contributed by atoms with Gasteiger partial charge < -0.3 is 16.4 Å². The van der Waals surface area contributed by atoms with Crippen molar-refractivity contribution in [2.75, 3.05) is 11.6 Å². The average Bonchev–Trinajstić information content (AvgIpc) is 2.99. The Bertz CT molecular complexity index is 1310. The number of halogens is 4. The molecule has 188 valence electrons.